The second kappa shape index (κ2) is 7.74. The molecule has 1 amide bonds. The average Bonchev–Trinajstić information content (AvgIpc) is 2.45. The Bertz CT molecular complexity index is 537. The Labute approximate surface area is 139 Å². The predicted octanol–water partition coefficient (Wildman–Crippen LogP) is 3.28. The van der Waals surface area contributed by atoms with Crippen LogP contribution in [0.3, 0.4) is 0 Å². The summed E-state index contributed by atoms with van der Waals surface area (Å²) in [5, 5.41) is 11.9. The number of carboxylic acid groups (broad SMARTS) is 1. The zero-order valence-corrected chi connectivity index (χ0v) is 15.6. The van der Waals surface area contributed by atoms with E-state index in [9.17, 15) is 14.7 Å². The molecule has 0 fully saturated rings. The lowest BCUT2D eigenvalue weighted by Crippen LogP contribution is -2.44. The van der Waals surface area contributed by atoms with Gasteiger partial charge in [0.1, 0.15) is 6.04 Å². The number of carboxylic acids is 1. The molecule has 1 atom stereocenters. The second-order valence-corrected chi connectivity index (χ2v) is 11.9. The van der Waals surface area contributed by atoms with Gasteiger partial charge in [-0.1, -0.05) is 39.0 Å². The number of nitrogens with one attached hydrogen (secondary N) is 1. The van der Waals surface area contributed by atoms with Crippen LogP contribution in [0.5, 0.6) is 0 Å². The summed E-state index contributed by atoms with van der Waals surface area (Å²) in [5.41, 5.74) is 0.448. The molecule has 128 valence electrons. The number of amides is 1. The number of hydrogen-bond donors (Lipinski definition) is 2. The second-order valence-electron chi connectivity index (χ2n) is 7.13. The first kappa shape index (κ1) is 19.4. The fourth-order valence-electron chi connectivity index (χ4n) is 1.74. The van der Waals surface area contributed by atoms with Crippen LogP contribution in [0.15, 0.2) is 30.3 Å². The van der Waals surface area contributed by atoms with Crippen molar-refractivity contribution >= 4 is 20.2 Å². The van der Waals surface area contributed by atoms with Crippen molar-refractivity contribution in [1.29, 1.82) is 0 Å². The molecule has 0 aliphatic carbocycles. The number of carbonyl (C=O) groups excluding carboxylic acids is 1. The van der Waals surface area contributed by atoms with E-state index in [1.165, 1.54) is 0 Å². The monoisotopic (exact) mass is 337 g/mol. The average molecular weight is 337 g/mol. The lowest BCUT2D eigenvalue weighted by atomic mass is 10.1. The van der Waals surface area contributed by atoms with E-state index in [0.717, 1.165) is 0 Å². The van der Waals surface area contributed by atoms with Crippen LogP contribution in [-0.4, -0.2) is 37.9 Å². The van der Waals surface area contributed by atoms with Gasteiger partial charge in [0.15, 0.2) is 8.32 Å². The van der Waals surface area contributed by atoms with E-state index in [-0.39, 0.29) is 17.4 Å². The highest BCUT2D eigenvalue weighted by atomic mass is 28.4. The first-order chi connectivity index (χ1) is 10.5. The largest absolute Gasteiger partial charge is 0.480 e. The molecule has 0 aliphatic heterocycles. The number of aliphatic carboxylic acids is 1. The van der Waals surface area contributed by atoms with Crippen LogP contribution in [0.4, 0.5) is 0 Å². The fourth-order valence-corrected chi connectivity index (χ4v) is 2.80. The first-order valence-corrected chi connectivity index (χ1v) is 10.7. The molecule has 0 unspecified atom stereocenters. The summed E-state index contributed by atoms with van der Waals surface area (Å²) in [6, 6.07) is 7.64. The van der Waals surface area contributed by atoms with E-state index in [2.05, 4.69) is 39.2 Å². The number of benzene rings is 1. The van der Waals surface area contributed by atoms with E-state index in [4.69, 9.17) is 4.43 Å². The highest BCUT2D eigenvalue weighted by Gasteiger charge is 2.37. The van der Waals surface area contributed by atoms with Gasteiger partial charge in [-0.3, -0.25) is 4.79 Å². The highest BCUT2D eigenvalue weighted by Crippen LogP contribution is 2.36. The Morgan fingerprint density at radius 1 is 1.22 bits per heavy atom. The fraction of sp³-hybridized carbons (Fsp3) is 0.529. The Hall–Kier alpha value is -1.66. The molecular weight excluding hydrogens is 310 g/mol. The normalized spacial score (nSPS) is 13.4. The van der Waals surface area contributed by atoms with E-state index in [0.29, 0.717) is 12.2 Å². The summed E-state index contributed by atoms with van der Waals surface area (Å²) in [4.78, 5) is 23.4. The van der Waals surface area contributed by atoms with E-state index >= 15 is 0 Å². The minimum atomic E-state index is -1.92. The Kier molecular flexibility index (Phi) is 6.53. The minimum Gasteiger partial charge on any atom is -0.480 e. The third-order valence-corrected chi connectivity index (χ3v) is 8.85. The molecule has 0 aromatic heterocycles. The van der Waals surface area contributed by atoms with E-state index < -0.39 is 20.3 Å². The molecular formula is C17H27NO4Si. The number of hydrogen-bond acceptors (Lipinski definition) is 3. The maximum Gasteiger partial charge on any atom is 0.326 e. The zero-order chi connectivity index (χ0) is 17.7. The summed E-state index contributed by atoms with van der Waals surface area (Å²) in [6.45, 7) is 10.9. The summed E-state index contributed by atoms with van der Waals surface area (Å²) in [7, 11) is -1.92. The molecule has 0 aliphatic rings. The third-order valence-electron chi connectivity index (χ3n) is 4.32. The van der Waals surface area contributed by atoms with Crippen LogP contribution >= 0.6 is 0 Å². The molecule has 1 rings (SSSR count). The van der Waals surface area contributed by atoms with Crippen molar-refractivity contribution in [1.82, 2.24) is 5.32 Å². The predicted molar refractivity (Wildman–Crippen MR) is 93.1 cm³/mol. The maximum atomic E-state index is 12.1. The van der Waals surface area contributed by atoms with Gasteiger partial charge in [-0.2, -0.15) is 0 Å². The molecule has 0 spiro atoms. The van der Waals surface area contributed by atoms with Crippen molar-refractivity contribution in [3.05, 3.63) is 35.9 Å². The van der Waals surface area contributed by atoms with Gasteiger partial charge in [-0.25, -0.2) is 4.79 Å². The molecule has 0 heterocycles. The van der Waals surface area contributed by atoms with Crippen molar-refractivity contribution in [2.75, 3.05) is 6.61 Å². The van der Waals surface area contributed by atoms with Gasteiger partial charge in [0.25, 0.3) is 5.91 Å². The van der Waals surface area contributed by atoms with Crippen LogP contribution in [0, 0.1) is 0 Å². The van der Waals surface area contributed by atoms with Crippen molar-refractivity contribution < 1.29 is 19.1 Å². The molecule has 0 bridgehead atoms. The quantitative estimate of drug-likeness (QED) is 0.749. The molecule has 6 heteroatoms. The number of carbonyl (C=O) groups is 2. The summed E-state index contributed by atoms with van der Waals surface area (Å²) < 4.78 is 5.99. The van der Waals surface area contributed by atoms with Crippen molar-refractivity contribution in [3.8, 4) is 0 Å². The van der Waals surface area contributed by atoms with Crippen molar-refractivity contribution in [2.24, 2.45) is 0 Å². The van der Waals surface area contributed by atoms with Crippen molar-refractivity contribution in [2.45, 2.75) is 51.4 Å². The molecule has 2 N–H and O–H groups in total. The molecule has 23 heavy (non-hydrogen) atoms. The zero-order valence-electron chi connectivity index (χ0n) is 14.6. The van der Waals surface area contributed by atoms with Crippen LogP contribution in [0.2, 0.25) is 18.1 Å². The van der Waals surface area contributed by atoms with E-state index in [1.807, 2.05) is 0 Å². The van der Waals surface area contributed by atoms with E-state index in [1.54, 1.807) is 30.3 Å². The Morgan fingerprint density at radius 2 is 1.78 bits per heavy atom. The van der Waals surface area contributed by atoms with Gasteiger partial charge in [0.2, 0.25) is 0 Å². The lowest BCUT2D eigenvalue weighted by Gasteiger charge is -2.36. The standard InChI is InChI=1S/C17H27NO4Si/c1-17(2,3)23(4,5)22-12-11-14(16(20)21)18-15(19)13-9-7-6-8-10-13/h6-10,14H,11-12H2,1-5H3,(H,18,19)(H,20,21)/t14-/m0/s1. The lowest BCUT2D eigenvalue weighted by molar-refractivity contribution is -0.139. The smallest absolute Gasteiger partial charge is 0.326 e. The van der Waals surface area contributed by atoms with Crippen LogP contribution in [0.25, 0.3) is 0 Å². The topological polar surface area (TPSA) is 75.6 Å². The minimum absolute atomic E-state index is 0.0685. The van der Waals surface area contributed by atoms with Gasteiger partial charge in [0.05, 0.1) is 0 Å². The first-order valence-electron chi connectivity index (χ1n) is 7.77. The third kappa shape index (κ3) is 5.80. The Balaban J connectivity index is 2.60. The molecule has 1 aromatic rings. The molecule has 5 nitrogen and oxygen atoms in total. The molecule has 0 saturated carbocycles. The van der Waals surface area contributed by atoms with Crippen LogP contribution < -0.4 is 5.32 Å². The van der Waals surface area contributed by atoms with Gasteiger partial charge < -0.3 is 14.8 Å². The SMILES string of the molecule is CC(C)(C)[Si](C)(C)OCC[C@H](NC(=O)c1ccccc1)C(=O)O. The van der Waals surface area contributed by atoms with Crippen molar-refractivity contribution in [3.63, 3.8) is 0 Å². The van der Waals surface area contributed by atoms with Gasteiger partial charge in [-0.05, 0) is 30.3 Å². The highest BCUT2D eigenvalue weighted by molar-refractivity contribution is 6.74. The van der Waals surface area contributed by atoms with Gasteiger partial charge in [-0.15, -0.1) is 0 Å². The molecule has 0 radical (unpaired) electrons. The Morgan fingerprint density at radius 3 is 2.26 bits per heavy atom. The molecule has 1 aromatic carbocycles. The summed E-state index contributed by atoms with van der Waals surface area (Å²) >= 11 is 0. The molecule has 0 saturated heterocycles. The number of rotatable bonds is 7. The maximum absolute atomic E-state index is 12.1. The summed E-state index contributed by atoms with van der Waals surface area (Å²) in [6.07, 6.45) is 0.250. The van der Waals surface area contributed by atoms with Gasteiger partial charge in [0, 0.05) is 18.6 Å². The van der Waals surface area contributed by atoms with Gasteiger partial charge >= 0.3 is 5.97 Å². The van der Waals surface area contributed by atoms with Crippen LogP contribution in [0.1, 0.15) is 37.6 Å². The summed E-state index contributed by atoms with van der Waals surface area (Å²) in [5.74, 6) is -1.43. The van der Waals surface area contributed by atoms with Crippen LogP contribution in [-0.2, 0) is 9.22 Å².